The topological polar surface area (TPSA) is 91.0 Å². The number of methoxy groups -OCH3 is 1. The molecule has 3 aromatic rings. The molecule has 3 rings (SSSR count). The predicted molar refractivity (Wildman–Crippen MR) is 74.1 cm³/mol. The van der Waals surface area contributed by atoms with Crippen LogP contribution in [0.2, 0.25) is 0 Å². The Balaban J connectivity index is 2.19. The monoisotopic (exact) mass is 271 g/mol. The van der Waals surface area contributed by atoms with Gasteiger partial charge in [-0.2, -0.15) is 5.10 Å². The highest BCUT2D eigenvalue weighted by Gasteiger charge is 2.16. The van der Waals surface area contributed by atoms with Crippen LogP contribution in [0.5, 0.6) is 5.75 Å². The lowest BCUT2D eigenvalue weighted by molar-refractivity contribution is 0.0690. The Morgan fingerprint density at radius 1 is 1.35 bits per heavy atom. The van der Waals surface area contributed by atoms with Crippen LogP contribution < -0.4 is 4.74 Å². The first-order valence-electron chi connectivity index (χ1n) is 6.05. The van der Waals surface area contributed by atoms with Gasteiger partial charge in [0.15, 0.2) is 0 Å². The molecule has 0 aliphatic carbocycles. The minimum Gasteiger partial charge on any atom is -0.497 e. The van der Waals surface area contributed by atoms with Crippen molar-refractivity contribution in [1.82, 2.24) is 15.2 Å². The first kappa shape index (κ1) is 12.3. The van der Waals surface area contributed by atoms with Gasteiger partial charge < -0.3 is 14.8 Å². The highest BCUT2D eigenvalue weighted by atomic mass is 16.5. The Labute approximate surface area is 114 Å². The summed E-state index contributed by atoms with van der Waals surface area (Å²) in [5.41, 5.74) is 3.43. The maximum absolute atomic E-state index is 10.9. The van der Waals surface area contributed by atoms with Gasteiger partial charge in [0, 0.05) is 28.2 Å². The molecule has 0 fully saturated rings. The summed E-state index contributed by atoms with van der Waals surface area (Å²) in [5.74, 6) is -0.263. The molecule has 102 valence electrons. The van der Waals surface area contributed by atoms with Crippen LogP contribution in [0.1, 0.15) is 16.2 Å². The van der Waals surface area contributed by atoms with Crippen molar-refractivity contribution in [3.8, 4) is 17.0 Å². The van der Waals surface area contributed by atoms with Gasteiger partial charge in [0.1, 0.15) is 11.4 Å². The van der Waals surface area contributed by atoms with E-state index in [-0.39, 0.29) is 5.69 Å². The second-order valence-electron chi connectivity index (χ2n) is 4.51. The molecular weight excluding hydrogens is 258 g/mol. The number of fused-ring (bicyclic) bond motifs is 1. The van der Waals surface area contributed by atoms with E-state index in [0.29, 0.717) is 5.69 Å². The lowest BCUT2D eigenvalue weighted by Crippen LogP contribution is -1.95. The van der Waals surface area contributed by atoms with E-state index in [1.807, 2.05) is 25.1 Å². The number of ether oxygens (including phenoxy) is 1. The average molecular weight is 271 g/mol. The highest BCUT2D eigenvalue weighted by Crippen LogP contribution is 2.33. The van der Waals surface area contributed by atoms with Crippen LogP contribution in [0.4, 0.5) is 0 Å². The molecule has 2 heterocycles. The average Bonchev–Trinajstić information content (AvgIpc) is 3.00. The molecule has 6 nitrogen and oxygen atoms in total. The second-order valence-corrected chi connectivity index (χ2v) is 4.51. The van der Waals surface area contributed by atoms with Gasteiger partial charge in [-0.15, -0.1) is 0 Å². The molecule has 0 spiro atoms. The molecule has 20 heavy (non-hydrogen) atoms. The van der Waals surface area contributed by atoms with Crippen molar-refractivity contribution in [2.45, 2.75) is 6.92 Å². The van der Waals surface area contributed by atoms with Crippen molar-refractivity contribution in [3.63, 3.8) is 0 Å². The molecule has 1 aromatic carbocycles. The number of aromatic nitrogens is 3. The van der Waals surface area contributed by atoms with E-state index >= 15 is 0 Å². The third-order valence-electron chi connectivity index (χ3n) is 3.26. The van der Waals surface area contributed by atoms with Crippen LogP contribution in [-0.4, -0.2) is 33.4 Å². The fraction of sp³-hybridized carbons (Fsp3) is 0.143. The maximum atomic E-state index is 10.9. The van der Waals surface area contributed by atoms with Crippen LogP contribution in [0, 0.1) is 6.92 Å². The van der Waals surface area contributed by atoms with Crippen molar-refractivity contribution < 1.29 is 14.6 Å². The molecule has 0 saturated carbocycles. The zero-order valence-corrected chi connectivity index (χ0v) is 11.0. The van der Waals surface area contributed by atoms with Gasteiger partial charge in [-0.05, 0) is 25.1 Å². The zero-order chi connectivity index (χ0) is 14.3. The lowest BCUT2D eigenvalue weighted by atomic mass is 10.1. The number of H-pyrrole nitrogens is 2. The molecular formula is C14H13N3O3. The van der Waals surface area contributed by atoms with E-state index < -0.39 is 5.97 Å². The minimum atomic E-state index is -1.03. The summed E-state index contributed by atoms with van der Waals surface area (Å²) in [7, 11) is 1.62. The van der Waals surface area contributed by atoms with Crippen molar-refractivity contribution in [3.05, 3.63) is 35.7 Å². The largest absolute Gasteiger partial charge is 0.497 e. The number of nitrogens with zero attached hydrogens (tertiary/aromatic N) is 1. The Bertz CT molecular complexity index is 801. The number of aromatic carboxylic acids is 1. The fourth-order valence-corrected chi connectivity index (χ4v) is 2.33. The number of hydrogen-bond donors (Lipinski definition) is 3. The third-order valence-corrected chi connectivity index (χ3v) is 3.26. The molecule has 3 N–H and O–H groups in total. The number of carbonyl (C=O) groups is 1. The van der Waals surface area contributed by atoms with E-state index in [2.05, 4.69) is 15.2 Å². The van der Waals surface area contributed by atoms with Crippen LogP contribution >= 0.6 is 0 Å². The number of nitrogens with one attached hydrogen (secondary N) is 2. The zero-order valence-electron chi connectivity index (χ0n) is 11.0. The molecule has 0 unspecified atom stereocenters. The van der Waals surface area contributed by atoms with Gasteiger partial charge in [0.25, 0.3) is 0 Å². The Morgan fingerprint density at radius 2 is 2.15 bits per heavy atom. The first-order valence-corrected chi connectivity index (χ1v) is 6.05. The Kier molecular flexibility index (Phi) is 2.71. The summed E-state index contributed by atoms with van der Waals surface area (Å²) in [6.07, 6.45) is 0. The SMILES string of the molecule is COc1ccc2c(-c3cc(C(=O)O)[nH]n3)c(C)[nH]c2c1. The minimum absolute atomic E-state index is 0.0715. The van der Waals surface area contributed by atoms with E-state index in [0.717, 1.165) is 27.9 Å². The molecule has 0 bridgehead atoms. The van der Waals surface area contributed by atoms with Gasteiger partial charge in [-0.3, -0.25) is 5.10 Å². The van der Waals surface area contributed by atoms with E-state index in [1.165, 1.54) is 6.07 Å². The standard InChI is InChI=1S/C14H13N3O3/c1-7-13(11-6-12(14(18)19)17-16-11)9-4-3-8(20-2)5-10(9)15-7/h3-6,15H,1-2H3,(H,16,17)(H,18,19). The third kappa shape index (κ3) is 1.82. The number of benzene rings is 1. The quantitative estimate of drug-likeness (QED) is 0.682. The number of rotatable bonds is 3. The summed E-state index contributed by atoms with van der Waals surface area (Å²) in [5, 5.41) is 16.5. The van der Waals surface area contributed by atoms with Crippen LogP contribution in [0.15, 0.2) is 24.3 Å². The molecule has 0 aliphatic rings. The number of aryl methyl sites for hydroxylation is 1. The fourth-order valence-electron chi connectivity index (χ4n) is 2.33. The summed E-state index contributed by atoms with van der Waals surface area (Å²) < 4.78 is 5.19. The van der Waals surface area contributed by atoms with Gasteiger partial charge in [0.05, 0.1) is 12.8 Å². The molecule has 0 aliphatic heterocycles. The maximum Gasteiger partial charge on any atom is 0.353 e. The van der Waals surface area contributed by atoms with Crippen LogP contribution in [0.3, 0.4) is 0 Å². The van der Waals surface area contributed by atoms with E-state index in [1.54, 1.807) is 7.11 Å². The number of aromatic amines is 2. The summed E-state index contributed by atoms with van der Waals surface area (Å²) >= 11 is 0. The molecule has 0 amide bonds. The first-order chi connectivity index (χ1) is 9.60. The van der Waals surface area contributed by atoms with Crippen molar-refractivity contribution in [1.29, 1.82) is 0 Å². The van der Waals surface area contributed by atoms with Crippen molar-refractivity contribution in [2.75, 3.05) is 7.11 Å². The summed E-state index contributed by atoms with van der Waals surface area (Å²) in [6, 6.07) is 7.23. The van der Waals surface area contributed by atoms with Crippen molar-refractivity contribution in [2.24, 2.45) is 0 Å². The summed E-state index contributed by atoms with van der Waals surface area (Å²) in [4.78, 5) is 14.2. The van der Waals surface area contributed by atoms with Crippen molar-refractivity contribution >= 4 is 16.9 Å². The Morgan fingerprint density at radius 3 is 2.80 bits per heavy atom. The second kappa shape index (κ2) is 4.41. The Hall–Kier alpha value is -2.76. The van der Waals surface area contributed by atoms with Gasteiger partial charge in [0.2, 0.25) is 0 Å². The van der Waals surface area contributed by atoms with Gasteiger partial charge >= 0.3 is 5.97 Å². The number of carboxylic acid groups (broad SMARTS) is 1. The smallest absolute Gasteiger partial charge is 0.353 e. The molecule has 2 aromatic heterocycles. The van der Waals surface area contributed by atoms with E-state index in [9.17, 15) is 4.79 Å². The van der Waals surface area contributed by atoms with Gasteiger partial charge in [-0.25, -0.2) is 4.79 Å². The normalized spacial score (nSPS) is 10.9. The molecule has 0 radical (unpaired) electrons. The highest BCUT2D eigenvalue weighted by molar-refractivity contribution is 5.98. The predicted octanol–water partition coefficient (Wildman–Crippen LogP) is 2.57. The summed E-state index contributed by atoms with van der Waals surface area (Å²) in [6.45, 7) is 1.93. The van der Waals surface area contributed by atoms with E-state index in [4.69, 9.17) is 9.84 Å². The molecule has 0 atom stereocenters. The number of hydrogen-bond acceptors (Lipinski definition) is 3. The van der Waals surface area contributed by atoms with Crippen LogP contribution in [0.25, 0.3) is 22.2 Å². The van der Waals surface area contributed by atoms with Gasteiger partial charge in [-0.1, -0.05) is 0 Å². The lowest BCUT2D eigenvalue weighted by Gasteiger charge is -1.99. The molecule has 6 heteroatoms. The number of carboxylic acids is 1. The van der Waals surface area contributed by atoms with Crippen LogP contribution in [-0.2, 0) is 0 Å². The molecule has 0 saturated heterocycles.